The van der Waals surface area contributed by atoms with Crippen LogP contribution in [0.25, 0.3) is 21.5 Å². The smallest absolute Gasteiger partial charge is 0.123 e. The monoisotopic (exact) mass is 302 g/mol. The lowest BCUT2D eigenvalue weighted by Crippen LogP contribution is -1.73. The summed E-state index contributed by atoms with van der Waals surface area (Å²) < 4.78 is 0. The fourth-order valence-corrected chi connectivity index (χ4v) is 2.58. The molecule has 114 valence electrons. The first-order valence-electron chi connectivity index (χ1n) is 7.50. The fraction of sp³-hybridized carbons (Fsp3) is 0.0476. The van der Waals surface area contributed by atoms with Crippen molar-refractivity contribution < 1.29 is 10.2 Å². The molecule has 0 fully saturated rings. The SMILES string of the molecule is Cc1ccc2ccccc2c1.Oc1ccc(O)c2ccccc12. The van der Waals surface area contributed by atoms with Crippen LogP contribution >= 0.6 is 0 Å². The van der Waals surface area contributed by atoms with E-state index in [-0.39, 0.29) is 11.5 Å². The number of fused-ring (bicyclic) bond motifs is 2. The highest BCUT2D eigenvalue weighted by Crippen LogP contribution is 2.30. The maximum absolute atomic E-state index is 9.38. The molecule has 4 aromatic carbocycles. The molecule has 0 atom stereocenters. The van der Waals surface area contributed by atoms with Crippen LogP contribution in [0.4, 0.5) is 0 Å². The highest BCUT2D eigenvalue weighted by molar-refractivity contribution is 5.92. The van der Waals surface area contributed by atoms with E-state index in [9.17, 15) is 10.2 Å². The van der Waals surface area contributed by atoms with E-state index in [2.05, 4.69) is 49.4 Å². The van der Waals surface area contributed by atoms with Gasteiger partial charge in [0.05, 0.1) is 0 Å². The first kappa shape index (κ1) is 14.9. The third-order valence-electron chi connectivity index (χ3n) is 3.78. The highest BCUT2D eigenvalue weighted by atomic mass is 16.3. The van der Waals surface area contributed by atoms with Crippen LogP contribution in [-0.2, 0) is 0 Å². The second kappa shape index (κ2) is 6.41. The van der Waals surface area contributed by atoms with Gasteiger partial charge >= 0.3 is 0 Å². The van der Waals surface area contributed by atoms with E-state index < -0.39 is 0 Å². The van der Waals surface area contributed by atoms with Gasteiger partial charge in [0.2, 0.25) is 0 Å². The second-order valence-electron chi connectivity index (χ2n) is 5.50. The maximum atomic E-state index is 9.38. The summed E-state index contributed by atoms with van der Waals surface area (Å²) in [4.78, 5) is 0. The molecular formula is C21H18O2. The van der Waals surface area contributed by atoms with Crippen molar-refractivity contribution in [3.63, 3.8) is 0 Å². The molecule has 0 bridgehead atoms. The minimum Gasteiger partial charge on any atom is -0.507 e. The molecule has 0 aromatic heterocycles. The second-order valence-corrected chi connectivity index (χ2v) is 5.50. The van der Waals surface area contributed by atoms with E-state index in [0.717, 1.165) is 0 Å². The number of hydrogen-bond acceptors (Lipinski definition) is 2. The zero-order chi connectivity index (χ0) is 16.2. The van der Waals surface area contributed by atoms with Gasteiger partial charge in [0.25, 0.3) is 0 Å². The molecule has 0 aliphatic carbocycles. The topological polar surface area (TPSA) is 40.5 Å². The van der Waals surface area contributed by atoms with Crippen molar-refractivity contribution in [2.24, 2.45) is 0 Å². The quantitative estimate of drug-likeness (QED) is 0.427. The Labute approximate surface area is 135 Å². The lowest BCUT2D eigenvalue weighted by atomic mass is 10.1. The molecule has 2 nitrogen and oxygen atoms in total. The summed E-state index contributed by atoms with van der Waals surface area (Å²) >= 11 is 0. The summed E-state index contributed by atoms with van der Waals surface area (Å²) in [6, 6.07) is 25.1. The average Bonchev–Trinajstić information content (AvgIpc) is 2.59. The average molecular weight is 302 g/mol. The molecule has 2 N–H and O–H groups in total. The van der Waals surface area contributed by atoms with E-state index in [4.69, 9.17) is 0 Å². The molecule has 0 unspecified atom stereocenters. The minimum absolute atomic E-state index is 0.198. The van der Waals surface area contributed by atoms with Gasteiger partial charge in [0.1, 0.15) is 11.5 Å². The Kier molecular flexibility index (Phi) is 4.15. The summed E-state index contributed by atoms with van der Waals surface area (Å²) in [5.74, 6) is 0.395. The van der Waals surface area contributed by atoms with Crippen LogP contribution in [0, 0.1) is 6.92 Å². The Morgan fingerprint density at radius 3 is 1.70 bits per heavy atom. The predicted octanol–water partition coefficient (Wildman–Crippen LogP) is 5.40. The third kappa shape index (κ3) is 3.27. The van der Waals surface area contributed by atoms with Crippen LogP contribution in [0.2, 0.25) is 0 Å². The third-order valence-corrected chi connectivity index (χ3v) is 3.78. The van der Waals surface area contributed by atoms with Crippen LogP contribution in [-0.4, -0.2) is 10.2 Å². The van der Waals surface area contributed by atoms with Crippen molar-refractivity contribution in [1.29, 1.82) is 0 Å². The van der Waals surface area contributed by atoms with Crippen molar-refractivity contribution >= 4 is 21.5 Å². The highest BCUT2D eigenvalue weighted by Gasteiger charge is 2.01. The molecule has 0 saturated carbocycles. The van der Waals surface area contributed by atoms with Gasteiger partial charge < -0.3 is 10.2 Å². The molecule has 0 spiro atoms. The van der Waals surface area contributed by atoms with E-state index in [1.54, 1.807) is 12.1 Å². The molecule has 4 rings (SSSR count). The number of phenols is 2. The zero-order valence-electron chi connectivity index (χ0n) is 12.9. The molecule has 0 radical (unpaired) electrons. The Bertz CT molecular complexity index is 917. The Hall–Kier alpha value is -3.00. The number of hydrogen-bond donors (Lipinski definition) is 2. The normalized spacial score (nSPS) is 10.3. The Morgan fingerprint density at radius 1 is 0.565 bits per heavy atom. The Balaban J connectivity index is 0.000000136. The molecule has 0 aliphatic rings. The summed E-state index contributed by atoms with van der Waals surface area (Å²) in [5.41, 5.74) is 1.32. The fourth-order valence-electron chi connectivity index (χ4n) is 2.58. The van der Waals surface area contributed by atoms with Gasteiger partial charge in [-0.05, 0) is 29.8 Å². The first-order chi connectivity index (χ1) is 11.1. The summed E-state index contributed by atoms with van der Waals surface area (Å²) in [6.45, 7) is 2.12. The largest absolute Gasteiger partial charge is 0.507 e. The Morgan fingerprint density at radius 2 is 1.09 bits per heavy atom. The van der Waals surface area contributed by atoms with Gasteiger partial charge in [-0.25, -0.2) is 0 Å². The number of phenolic OH excluding ortho intramolecular Hbond substituents is 2. The van der Waals surface area contributed by atoms with Crippen molar-refractivity contribution in [1.82, 2.24) is 0 Å². The van der Waals surface area contributed by atoms with Crippen molar-refractivity contribution in [2.75, 3.05) is 0 Å². The van der Waals surface area contributed by atoms with Crippen molar-refractivity contribution in [3.8, 4) is 11.5 Å². The van der Waals surface area contributed by atoms with Crippen LogP contribution in [0.15, 0.2) is 78.9 Å². The number of benzene rings is 4. The lowest BCUT2D eigenvalue weighted by molar-refractivity contribution is 0.469. The molecule has 0 saturated heterocycles. The van der Waals surface area contributed by atoms with Crippen LogP contribution < -0.4 is 0 Å². The predicted molar refractivity (Wildman–Crippen MR) is 96.0 cm³/mol. The van der Waals surface area contributed by atoms with Gasteiger partial charge in [-0.3, -0.25) is 0 Å². The molecule has 0 aliphatic heterocycles. The summed E-state index contributed by atoms with van der Waals surface area (Å²) in [7, 11) is 0. The minimum atomic E-state index is 0.198. The van der Waals surface area contributed by atoms with Crippen LogP contribution in [0.3, 0.4) is 0 Å². The van der Waals surface area contributed by atoms with Crippen molar-refractivity contribution in [2.45, 2.75) is 6.92 Å². The van der Waals surface area contributed by atoms with Gasteiger partial charge in [0, 0.05) is 10.8 Å². The summed E-state index contributed by atoms with van der Waals surface area (Å²) in [5, 5.41) is 22.8. The van der Waals surface area contributed by atoms with Gasteiger partial charge in [0.15, 0.2) is 0 Å². The number of aromatic hydroxyl groups is 2. The molecule has 0 amide bonds. The van der Waals surface area contributed by atoms with E-state index in [1.807, 2.05) is 12.1 Å². The molecular weight excluding hydrogens is 284 g/mol. The van der Waals surface area contributed by atoms with Crippen molar-refractivity contribution in [3.05, 3.63) is 84.4 Å². The maximum Gasteiger partial charge on any atom is 0.123 e. The van der Waals surface area contributed by atoms with Crippen LogP contribution in [0.1, 0.15) is 5.56 Å². The zero-order valence-corrected chi connectivity index (χ0v) is 12.9. The first-order valence-corrected chi connectivity index (χ1v) is 7.50. The lowest BCUT2D eigenvalue weighted by Gasteiger charge is -2.01. The molecule has 0 heterocycles. The molecule has 2 heteroatoms. The van der Waals surface area contributed by atoms with E-state index in [0.29, 0.717) is 10.8 Å². The van der Waals surface area contributed by atoms with E-state index in [1.165, 1.54) is 28.5 Å². The van der Waals surface area contributed by atoms with Crippen LogP contribution in [0.5, 0.6) is 11.5 Å². The summed E-state index contributed by atoms with van der Waals surface area (Å²) in [6.07, 6.45) is 0. The molecule has 4 aromatic rings. The van der Waals surface area contributed by atoms with Gasteiger partial charge in [-0.1, -0.05) is 72.3 Å². The van der Waals surface area contributed by atoms with Gasteiger partial charge in [-0.15, -0.1) is 0 Å². The number of aryl methyl sites for hydroxylation is 1. The van der Waals surface area contributed by atoms with Gasteiger partial charge in [-0.2, -0.15) is 0 Å². The number of rotatable bonds is 0. The standard InChI is InChI=1S/C11H10.C10H8O2/c1-9-6-7-10-4-2-3-5-11(10)8-9;11-9-5-6-10(12)8-4-2-1-3-7(8)9/h2-8H,1H3;1-6,11-12H. The van der Waals surface area contributed by atoms with E-state index >= 15 is 0 Å². The molecule has 23 heavy (non-hydrogen) atoms.